The minimum absolute atomic E-state index is 0.0694. The normalized spacial score (nSPS) is 47.1. The first-order valence-corrected chi connectivity index (χ1v) is 6.12. The standard InChI is InChI=1S/C9H20O2S.CH4O/c1-6-8(4-5-12-3)9(10)7(2)11-6;1-2/h6-10H,4-5,12H2,1-3H3;2H,1H3/t6-,7+,8?,9-;/m1./s1/i1D,12TD;2T. The summed E-state index contributed by atoms with van der Waals surface area (Å²) in [6, 6.07) is 0. The summed E-state index contributed by atoms with van der Waals surface area (Å²) < 4.78 is 33.5. The SMILES string of the molecule is [2H]C[C@H]1O[C@@H](C)[C@@H](O)C1CCS([2H])([3H])C.[3H]OC. The van der Waals surface area contributed by atoms with Crippen molar-refractivity contribution in [3.8, 4) is 0 Å². The fourth-order valence-corrected chi connectivity index (χ4v) is 2.14. The van der Waals surface area contributed by atoms with E-state index >= 15 is 0 Å². The van der Waals surface area contributed by atoms with Crippen LogP contribution in [0, 0.1) is 5.92 Å². The molecule has 0 aromatic rings. The van der Waals surface area contributed by atoms with Gasteiger partial charge in [0, 0.05) is 14.4 Å². The number of aliphatic hydroxyl groups is 2. The van der Waals surface area contributed by atoms with Crippen molar-refractivity contribution < 1.29 is 16.3 Å². The summed E-state index contributed by atoms with van der Waals surface area (Å²) in [4.78, 5) is 0. The third kappa shape index (κ3) is 3.77. The van der Waals surface area contributed by atoms with Crippen molar-refractivity contribution in [2.75, 3.05) is 19.1 Å². The van der Waals surface area contributed by atoms with Gasteiger partial charge in [-0.1, -0.05) is 0 Å². The number of hydrogen-bond acceptors (Lipinski definition) is 3. The number of aliphatic hydroxyl groups excluding tert-OH is 2. The van der Waals surface area contributed by atoms with Gasteiger partial charge in [0.1, 0.15) is 0 Å². The lowest BCUT2D eigenvalue weighted by Crippen LogP contribution is -2.25. The van der Waals surface area contributed by atoms with E-state index in [1.165, 1.54) is 7.11 Å². The molecule has 0 radical (unpaired) electrons. The van der Waals surface area contributed by atoms with Crippen LogP contribution in [0.2, 0.25) is 0 Å². The molecule has 0 spiro atoms. The summed E-state index contributed by atoms with van der Waals surface area (Å²) in [5.74, 6) is 0.418. The van der Waals surface area contributed by atoms with Gasteiger partial charge in [-0.15, -0.1) is 0 Å². The summed E-state index contributed by atoms with van der Waals surface area (Å²) in [7, 11) is 1.29. The van der Waals surface area contributed by atoms with Crippen LogP contribution in [0.3, 0.4) is 0 Å². The van der Waals surface area contributed by atoms with E-state index in [2.05, 4.69) is 5.11 Å². The van der Waals surface area contributed by atoms with Gasteiger partial charge in [-0.2, -0.15) is 0 Å². The second-order valence-electron chi connectivity index (χ2n) is 3.32. The molecular formula is C10H24O3S. The Morgan fingerprint density at radius 1 is 1.79 bits per heavy atom. The molecule has 4 heteroatoms. The van der Waals surface area contributed by atoms with Crippen molar-refractivity contribution in [2.24, 2.45) is 5.92 Å². The average molecular weight is 230 g/mol. The Morgan fingerprint density at radius 3 is 2.93 bits per heavy atom. The predicted octanol–water partition coefficient (Wildman–Crippen LogP) is 0.597. The average Bonchev–Trinajstić information content (AvgIpc) is 2.52. The Kier molecular flexibility index (Phi) is 4.50. The third-order valence-corrected chi connectivity index (χ3v) is 3.09. The smallest absolute Gasteiger partial charge is 0.210 e. The van der Waals surface area contributed by atoms with Crippen molar-refractivity contribution in [3.63, 3.8) is 0 Å². The van der Waals surface area contributed by atoms with E-state index in [9.17, 15) is 5.11 Å². The fraction of sp³-hybridized carbons (Fsp3) is 1.00. The Balaban J connectivity index is 0.000000873. The highest BCUT2D eigenvalue weighted by molar-refractivity contribution is 7.98. The van der Waals surface area contributed by atoms with Crippen molar-refractivity contribution in [1.29, 1.82) is 3.68 Å². The van der Waals surface area contributed by atoms with Gasteiger partial charge < -0.3 is 15.0 Å². The molecule has 0 amide bonds. The quantitative estimate of drug-likeness (QED) is 0.746. The molecule has 0 saturated carbocycles. The predicted molar refractivity (Wildman–Crippen MR) is 63.4 cm³/mol. The fourth-order valence-electron chi connectivity index (χ4n) is 1.64. The molecule has 14 heavy (non-hydrogen) atoms. The zero-order valence-electron chi connectivity index (χ0n) is 13.1. The Morgan fingerprint density at radius 2 is 2.43 bits per heavy atom. The van der Waals surface area contributed by atoms with Crippen LogP contribution >= 0.6 is 11.6 Å². The van der Waals surface area contributed by atoms with E-state index in [0.717, 1.165) is 0 Å². The Hall–Kier alpha value is 0.230. The van der Waals surface area contributed by atoms with Gasteiger partial charge in [0.15, 0.2) is 0 Å². The Labute approximate surface area is 95.9 Å². The van der Waals surface area contributed by atoms with E-state index in [1.54, 1.807) is 13.2 Å². The van der Waals surface area contributed by atoms with Gasteiger partial charge in [0.2, 0.25) is 1.43 Å². The molecule has 1 fully saturated rings. The van der Waals surface area contributed by atoms with Crippen LogP contribution in [0.1, 0.15) is 21.6 Å². The zero-order chi connectivity index (χ0) is 14.3. The maximum Gasteiger partial charge on any atom is 0.210 e. The van der Waals surface area contributed by atoms with Crippen LogP contribution in [0.5, 0.6) is 0 Å². The molecule has 1 rings (SSSR count). The molecule has 0 bridgehead atoms. The number of rotatable bonds is 3. The first kappa shape index (κ1) is 8.39. The highest BCUT2D eigenvalue weighted by Crippen LogP contribution is 2.29. The van der Waals surface area contributed by atoms with Gasteiger partial charge in [0.05, 0.1) is 20.6 Å². The van der Waals surface area contributed by atoms with Crippen molar-refractivity contribution in [2.45, 2.75) is 38.6 Å². The molecule has 1 aliphatic heterocycles. The molecule has 2 N–H and O–H groups in total. The molecule has 1 aliphatic rings. The van der Waals surface area contributed by atoms with Crippen LogP contribution in [-0.4, -0.2) is 51.3 Å². The molecule has 5 atom stereocenters. The van der Waals surface area contributed by atoms with Gasteiger partial charge in [-0.25, -0.2) is 0 Å². The van der Waals surface area contributed by atoms with E-state index in [0.29, 0.717) is 12.2 Å². The van der Waals surface area contributed by atoms with E-state index in [-0.39, 0.29) is 25.0 Å². The summed E-state index contributed by atoms with van der Waals surface area (Å²) in [5, 5.41) is 13.3. The van der Waals surface area contributed by atoms with E-state index in [1.807, 2.05) is 0 Å². The van der Waals surface area contributed by atoms with Crippen LogP contribution in [-0.2, 0) is 4.74 Å². The van der Waals surface area contributed by atoms with Crippen molar-refractivity contribution >= 4 is 11.6 Å². The van der Waals surface area contributed by atoms with Crippen LogP contribution in [0.15, 0.2) is 0 Å². The van der Waals surface area contributed by atoms with E-state index in [4.69, 9.17) is 9.79 Å². The first-order valence-electron chi connectivity index (χ1n) is 6.66. The first-order chi connectivity index (χ1) is 8.26. The van der Waals surface area contributed by atoms with Gasteiger partial charge in [-0.3, -0.25) is 11.6 Å². The second-order valence-corrected chi connectivity index (χ2v) is 4.30. The monoisotopic (exact) mass is 230 g/mol. The highest BCUT2D eigenvalue weighted by Gasteiger charge is 2.37. The molecule has 0 aliphatic carbocycles. The minimum Gasteiger partial charge on any atom is -0.400 e. The van der Waals surface area contributed by atoms with Crippen LogP contribution < -0.4 is 0 Å². The summed E-state index contributed by atoms with van der Waals surface area (Å²) in [5.41, 5.74) is 0. The molecule has 3 nitrogen and oxygen atoms in total. The maximum absolute atomic E-state index is 9.83. The lowest BCUT2D eigenvalue weighted by atomic mass is 9.95. The molecule has 2 unspecified atom stereocenters. The highest BCUT2D eigenvalue weighted by atomic mass is 32.2. The molecule has 1 saturated heterocycles. The maximum atomic E-state index is 9.83. The van der Waals surface area contributed by atoms with Gasteiger partial charge in [-0.05, 0) is 32.3 Å². The largest absolute Gasteiger partial charge is 0.400 e. The van der Waals surface area contributed by atoms with Gasteiger partial charge in [0.25, 0.3) is 0 Å². The molecule has 0 aromatic carbocycles. The van der Waals surface area contributed by atoms with Gasteiger partial charge >= 0.3 is 0 Å². The molecule has 0 aromatic heterocycles. The molecular weight excluding hydrogens is 200 g/mol. The summed E-state index contributed by atoms with van der Waals surface area (Å²) in [6.45, 7) is 1.95. The summed E-state index contributed by atoms with van der Waals surface area (Å²) >= 11 is -2.01. The van der Waals surface area contributed by atoms with Crippen LogP contribution in [0.25, 0.3) is 0 Å². The zero-order valence-corrected chi connectivity index (χ0v) is 9.92. The number of ether oxygens (including phenoxy) is 1. The minimum atomic E-state index is -2.01. The number of hydrogen-bond donors (Lipinski definition) is 2. The molecule has 1 heterocycles. The summed E-state index contributed by atoms with van der Waals surface area (Å²) in [6.07, 6.45) is 1.25. The second kappa shape index (κ2) is 7.51. The van der Waals surface area contributed by atoms with Crippen LogP contribution in [0.4, 0.5) is 0 Å². The van der Waals surface area contributed by atoms with E-state index < -0.39 is 17.7 Å². The Bertz CT molecular complexity index is 228. The lowest BCUT2D eigenvalue weighted by Gasteiger charge is -2.16. The lowest BCUT2D eigenvalue weighted by molar-refractivity contribution is 0.0287. The van der Waals surface area contributed by atoms with Crippen molar-refractivity contribution in [1.82, 2.24) is 0 Å². The molecule has 88 valence electrons. The third-order valence-electron chi connectivity index (χ3n) is 2.44. The van der Waals surface area contributed by atoms with Crippen molar-refractivity contribution in [3.05, 3.63) is 0 Å². The topological polar surface area (TPSA) is 49.7 Å².